The van der Waals surface area contributed by atoms with Gasteiger partial charge in [0.05, 0.1) is 12.6 Å². The van der Waals surface area contributed by atoms with Crippen LogP contribution in [0.15, 0.2) is 18.2 Å². The summed E-state index contributed by atoms with van der Waals surface area (Å²) < 4.78 is 0. The van der Waals surface area contributed by atoms with Crippen LogP contribution in [0.25, 0.3) is 0 Å². The summed E-state index contributed by atoms with van der Waals surface area (Å²) in [6.07, 6.45) is 6.04. The van der Waals surface area contributed by atoms with E-state index in [-0.39, 0.29) is 17.9 Å². The molecular weight excluding hydrogens is 376 g/mol. The Morgan fingerprint density at radius 3 is 2.27 bits per heavy atom. The summed E-state index contributed by atoms with van der Waals surface area (Å²) in [5, 5.41) is 3.07. The fourth-order valence-electron chi connectivity index (χ4n) is 4.80. The third-order valence-electron chi connectivity index (χ3n) is 6.89. The lowest BCUT2D eigenvalue weighted by atomic mass is 9.94. The highest BCUT2D eigenvalue weighted by atomic mass is 16.2. The summed E-state index contributed by atoms with van der Waals surface area (Å²) in [6, 6.07) is 6.35. The number of benzene rings is 1. The van der Waals surface area contributed by atoms with Gasteiger partial charge in [-0.1, -0.05) is 37.5 Å². The molecule has 0 radical (unpaired) electrons. The maximum absolute atomic E-state index is 13.0. The van der Waals surface area contributed by atoms with Crippen LogP contribution in [0.1, 0.15) is 50.2 Å². The van der Waals surface area contributed by atoms with Crippen molar-refractivity contribution in [3.63, 3.8) is 0 Å². The molecule has 0 bridgehead atoms. The molecule has 6 heteroatoms. The Bertz CT molecular complexity index is 716. The lowest BCUT2D eigenvalue weighted by Gasteiger charge is -2.40. The molecule has 6 nitrogen and oxygen atoms in total. The summed E-state index contributed by atoms with van der Waals surface area (Å²) >= 11 is 0. The van der Waals surface area contributed by atoms with Crippen molar-refractivity contribution in [3.05, 3.63) is 29.3 Å². The SMILES string of the molecule is Cc1cccc(C)c1NC(=O)CN1CCN([C@H](C)C(=O)N(C)C2CCCCC2)CC1. The first-order valence-electron chi connectivity index (χ1n) is 11.5. The van der Waals surface area contributed by atoms with Crippen molar-refractivity contribution in [3.8, 4) is 0 Å². The lowest BCUT2D eigenvalue weighted by Crippen LogP contribution is -2.56. The van der Waals surface area contributed by atoms with E-state index in [0.29, 0.717) is 12.6 Å². The van der Waals surface area contributed by atoms with Crippen LogP contribution >= 0.6 is 0 Å². The molecule has 1 aliphatic carbocycles. The normalized spacial score (nSPS) is 20.0. The Hall–Kier alpha value is -1.92. The zero-order valence-corrected chi connectivity index (χ0v) is 19.1. The summed E-state index contributed by atoms with van der Waals surface area (Å²) in [4.78, 5) is 32.0. The number of piperazine rings is 1. The van der Waals surface area contributed by atoms with Gasteiger partial charge >= 0.3 is 0 Å². The zero-order chi connectivity index (χ0) is 21.7. The van der Waals surface area contributed by atoms with Gasteiger partial charge in [0.2, 0.25) is 11.8 Å². The van der Waals surface area contributed by atoms with E-state index >= 15 is 0 Å². The molecule has 1 saturated carbocycles. The molecular formula is C24H38N4O2. The second-order valence-corrected chi connectivity index (χ2v) is 9.04. The average molecular weight is 415 g/mol. The Morgan fingerprint density at radius 1 is 1.07 bits per heavy atom. The number of nitrogens with one attached hydrogen (secondary N) is 1. The molecule has 1 heterocycles. The van der Waals surface area contributed by atoms with Gasteiger partial charge in [-0.2, -0.15) is 0 Å². The van der Waals surface area contributed by atoms with Gasteiger partial charge in [0.25, 0.3) is 0 Å². The minimum Gasteiger partial charge on any atom is -0.341 e. The molecule has 1 atom stereocenters. The van der Waals surface area contributed by atoms with Crippen molar-refractivity contribution in [1.29, 1.82) is 0 Å². The van der Waals surface area contributed by atoms with E-state index in [0.717, 1.165) is 55.8 Å². The third kappa shape index (κ3) is 5.61. The smallest absolute Gasteiger partial charge is 0.239 e. The topological polar surface area (TPSA) is 55.9 Å². The molecule has 1 aromatic carbocycles. The Kier molecular flexibility index (Phi) is 7.89. The van der Waals surface area contributed by atoms with Gasteiger partial charge in [-0.15, -0.1) is 0 Å². The highest BCUT2D eigenvalue weighted by Gasteiger charge is 2.31. The highest BCUT2D eigenvalue weighted by Crippen LogP contribution is 2.23. The maximum atomic E-state index is 13.0. The molecule has 2 aliphatic rings. The first kappa shape index (κ1) is 22.8. The van der Waals surface area contributed by atoms with Crippen molar-refractivity contribution in [2.75, 3.05) is 45.1 Å². The number of aryl methyl sites for hydroxylation is 2. The number of carbonyl (C=O) groups is 2. The van der Waals surface area contributed by atoms with E-state index in [1.165, 1.54) is 19.3 Å². The van der Waals surface area contributed by atoms with Gasteiger partial charge in [0.15, 0.2) is 0 Å². The van der Waals surface area contributed by atoms with Crippen molar-refractivity contribution in [2.45, 2.75) is 65.0 Å². The fourth-order valence-corrected chi connectivity index (χ4v) is 4.80. The van der Waals surface area contributed by atoms with Crippen LogP contribution in [0.4, 0.5) is 5.69 Å². The molecule has 0 spiro atoms. The Labute approximate surface area is 181 Å². The average Bonchev–Trinajstić information content (AvgIpc) is 2.76. The quantitative estimate of drug-likeness (QED) is 0.777. The van der Waals surface area contributed by atoms with E-state index in [1.54, 1.807) is 0 Å². The number of nitrogens with zero attached hydrogens (tertiary/aromatic N) is 3. The van der Waals surface area contributed by atoms with Gasteiger partial charge in [-0.3, -0.25) is 19.4 Å². The van der Waals surface area contributed by atoms with E-state index < -0.39 is 0 Å². The lowest BCUT2D eigenvalue weighted by molar-refractivity contribution is -0.138. The van der Waals surface area contributed by atoms with Crippen LogP contribution in [0, 0.1) is 13.8 Å². The molecule has 0 unspecified atom stereocenters. The molecule has 1 aromatic rings. The van der Waals surface area contributed by atoms with E-state index in [9.17, 15) is 9.59 Å². The van der Waals surface area contributed by atoms with Gasteiger partial charge in [0.1, 0.15) is 0 Å². The summed E-state index contributed by atoms with van der Waals surface area (Å²) in [5.41, 5.74) is 3.09. The number of likely N-dealkylation sites (N-methyl/N-ethyl adjacent to an activating group) is 1. The van der Waals surface area contributed by atoms with E-state index in [1.807, 2.05) is 50.9 Å². The number of anilines is 1. The predicted octanol–water partition coefficient (Wildman–Crippen LogP) is 3.04. The van der Waals surface area contributed by atoms with E-state index in [2.05, 4.69) is 15.1 Å². The van der Waals surface area contributed by atoms with Gasteiger partial charge < -0.3 is 10.2 Å². The molecule has 0 aromatic heterocycles. The zero-order valence-electron chi connectivity index (χ0n) is 19.1. The van der Waals surface area contributed by atoms with Crippen LogP contribution in [0.5, 0.6) is 0 Å². The van der Waals surface area contributed by atoms with Crippen molar-refractivity contribution >= 4 is 17.5 Å². The summed E-state index contributed by atoms with van der Waals surface area (Å²) in [6.45, 7) is 9.73. The number of hydrogen-bond acceptors (Lipinski definition) is 4. The summed E-state index contributed by atoms with van der Waals surface area (Å²) in [5.74, 6) is 0.269. The summed E-state index contributed by atoms with van der Waals surface area (Å²) in [7, 11) is 1.98. The highest BCUT2D eigenvalue weighted by molar-refractivity contribution is 5.93. The minimum absolute atomic E-state index is 0.0296. The number of hydrogen-bond donors (Lipinski definition) is 1. The molecule has 1 aliphatic heterocycles. The maximum Gasteiger partial charge on any atom is 0.239 e. The second kappa shape index (κ2) is 10.4. The van der Waals surface area contributed by atoms with Gasteiger partial charge in [-0.05, 0) is 44.7 Å². The molecule has 1 N–H and O–H groups in total. The predicted molar refractivity (Wildman–Crippen MR) is 122 cm³/mol. The van der Waals surface area contributed by atoms with Crippen molar-refractivity contribution in [1.82, 2.24) is 14.7 Å². The molecule has 30 heavy (non-hydrogen) atoms. The largest absolute Gasteiger partial charge is 0.341 e. The Balaban J connectivity index is 1.45. The fraction of sp³-hybridized carbons (Fsp3) is 0.667. The number of carbonyl (C=O) groups excluding carboxylic acids is 2. The van der Waals surface area contributed by atoms with Crippen LogP contribution in [-0.4, -0.2) is 78.4 Å². The first-order valence-corrected chi connectivity index (χ1v) is 11.5. The standard InChI is InChI=1S/C24H38N4O2/c1-18-9-8-10-19(2)23(18)25-22(29)17-27-13-15-28(16-14-27)20(3)24(30)26(4)21-11-6-5-7-12-21/h8-10,20-21H,5-7,11-17H2,1-4H3,(H,25,29)/t20-/m1/s1. The number of amides is 2. The van der Waals surface area contributed by atoms with Gasteiger partial charge in [-0.25, -0.2) is 0 Å². The number of rotatable bonds is 6. The van der Waals surface area contributed by atoms with Crippen molar-refractivity contribution < 1.29 is 9.59 Å². The van der Waals surface area contributed by atoms with Gasteiger partial charge in [0, 0.05) is 45.0 Å². The van der Waals surface area contributed by atoms with Crippen LogP contribution in [0.2, 0.25) is 0 Å². The molecule has 2 fully saturated rings. The van der Waals surface area contributed by atoms with Crippen LogP contribution < -0.4 is 5.32 Å². The molecule has 1 saturated heterocycles. The molecule has 166 valence electrons. The second-order valence-electron chi connectivity index (χ2n) is 9.04. The minimum atomic E-state index is -0.0949. The molecule has 2 amide bonds. The van der Waals surface area contributed by atoms with E-state index in [4.69, 9.17) is 0 Å². The third-order valence-corrected chi connectivity index (χ3v) is 6.89. The van der Waals surface area contributed by atoms with Crippen LogP contribution in [-0.2, 0) is 9.59 Å². The number of para-hydroxylation sites is 1. The Morgan fingerprint density at radius 2 is 1.67 bits per heavy atom. The monoisotopic (exact) mass is 414 g/mol. The van der Waals surface area contributed by atoms with Crippen LogP contribution in [0.3, 0.4) is 0 Å². The van der Waals surface area contributed by atoms with Crippen molar-refractivity contribution in [2.24, 2.45) is 0 Å². The first-order chi connectivity index (χ1) is 14.4. The molecule has 3 rings (SSSR count).